The van der Waals surface area contributed by atoms with Crippen LogP contribution in [-0.2, 0) is 6.42 Å². The molecule has 0 aromatic heterocycles. The average molecular weight is 281 g/mol. The van der Waals surface area contributed by atoms with Gasteiger partial charge in [0.2, 0.25) is 0 Å². The lowest BCUT2D eigenvalue weighted by atomic mass is 9.99. The summed E-state index contributed by atoms with van der Waals surface area (Å²) >= 11 is 0. The SMILES string of the molecule is C[C@H](CCCC(C)(C)O)N[C@H](C)Cc1ccccc1F. The topological polar surface area (TPSA) is 32.3 Å². The van der Waals surface area contributed by atoms with Gasteiger partial charge in [-0.15, -0.1) is 0 Å². The van der Waals surface area contributed by atoms with Crippen LogP contribution in [0.4, 0.5) is 4.39 Å². The van der Waals surface area contributed by atoms with Gasteiger partial charge in [-0.2, -0.15) is 0 Å². The highest BCUT2D eigenvalue weighted by Crippen LogP contribution is 2.14. The van der Waals surface area contributed by atoms with Gasteiger partial charge in [-0.25, -0.2) is 4.39 Å². The Balaban J connectivity index is 2.31. The Bertz CT molecular complexity index is 400. The van der Waals surface area contributed by atoms with Crippen molar-refractivity contribution in [2.75, 3.05) is 0 Å². The third kappa shape index (κ3) is 7.01. The zero-order valence-corrected chi connectivity index (χ0v) is 13.1. The fourth-order valence-electron chi connectivity index (χ4n) is 2.46. The number of halogens is 1. The van der Waals surface area contributed by atoms with Gasteiger partial charge in [0.25, 0.3) is 0 Å². The molecule has 2 atom stereocenters. The summed E-state index contributed by atoms with van der Waals surface area (Å²) in [7, 11) is 0. The molecule has 0 fully saturated rings. The van der Waals surface area contributed by atoms with Gasteiger partial charge in [-0.05, 0) is 65.0 Å². The molecule has 0 amide bonds. The molecule has 0 saturated carbocycles. The molecule has 0 heterocycles. The number of hydrogen-bond donors (Lipinski definition) is 2. The highest BCUT2D eigenvalue weighted by atomic mass is 19.1. The Hall–Kier alpha value is -0.930. The van der Waals surface area contributed by atoms with Gasteiger partial charge in [0.15, 0.2) is 0 Å². The molecule has 114 valence electrons. The van der Waals surface area contributed by atoms with Crippen molar-refractivity contribution in [2.24, 2.45) is 0 Å². The van der Waals surface area contributed by atoms with Gasteiger partial charge in [0, 0.05) is 12.1 Å². The second-order valence-electron chi connectivity index (χ2n) is 6.47. The highest BCUT2D eigenvalue weighted by Gasteiger charge is 2.14. The average Bonchev–Trinajstić information content (AvgIpc) is 2.30. The van der Waals surface area contributed by atoms with E-state index in [0.717, 1.165) is 24.8 Å². The molecule has 2 nitrogen and oxygen atoms in total. The molecule has 1 rings (SSSR count). The van der Waals surface area contributed by atoms with Crippen LogP contribution in [0.2, 0.25) is 0 Å². The smallest absolute Gasteiger partial charge is 0.126 e. The predicted molar refractivity (Wildman–Crippen MR) is 82.3 cm³/mol. The Kier molecular flexibility index (Phi) is 6.63. The Morgan fingerprint density at radius 1 is 1.20 bits per heavy atom. The van der Waals surface area contributed by atoms with Crippen molar-refractivity contribution in [2.45, 2.75) is 71.1 Å². The minimum atomic E-state index is -0.585. The summed E-state index contributed by atoms with van der Waals surface area (Å²) in [5.41, 5.74) is 0.176. The van der Waals surface area contributed by atoms with E-state index in [1.165, 1.54) is 6.07 Å². The number of nitrogens with one attached hydrogen (secondary N) is 1. The maximum Gasteiger partial charge on any atom is 0.126 e. The number of rotatable bonds is 8. The summed E-state index contributed by atoms with van der Waals surface area (Å²) in [6.45, 7) is 7.90. The first-order chi connectivity index (χ1) is 9.28. The summed E-state index contributed by atoms with van der Waals surface area (Å²) in [6, 6.07) is 7.55. The Morgan fingerprint density at radius 3 is 2.45 bits per heavy atom. The molecular formula is C17H28FNO. The molecule has 0 radical (unpaired) electrons. The Morgan fingerprint density at radius 2 is 1.85 bits per heavy atom. The summed E-state index contributed by atoms with van der Waals surface area (Å²) in [5.74, 6) is -0.129. The minimum absolute atomic E-state index is 0.129. The van der Waals surface area contributed by atoms with Gasteiger partial charge >= 0.3 is 0 Å². The largest absolute Gasteiger partial charge is 0.390 e. The van der Waals surface area contributed by atoms with Crippen molar-refractivity contribution in [3.8, 4) is 0 Å². The second-order valence-corrected chi connectivity index (χ2v) is 6.47. The fraction of sp³-hybridized carbons (Fsp3) is 0.647. The van der Waals surface area contributed by atoms with E-state index in [9.17, 15) is 9.50 Å². The van der Waals surface area contributed by atoms with Crippen LogP contribution in [0, 0.1) is 5.82 Å². The van der Waals surface area contributed by atoms with Crippen molar-refractivity contribution in [3.63, 3.8) is 0 Å². The molecule has 2 N–H and O–H groups in total. The lowest BCUT2D eigenvalue weighted by molar-refractivity contribution is 0.0674. The third-order valence-corrected chi connectivity index (χ3v) is 3.48. The molecule has 0 aliphatic rings. The van der Waals surface area contributed by atoms with Crippen LogP contribution >= 0.6 is 0 Å². The lowest BCUT2D eigenvalue weighted by Gasteiger charge is -2.22. The van der Waals surface area contributed by atoms with Gasteiger partial charge in [-0.3, -0.25) is 0 Å². The van der Waals surface area contributed by atoms with Crippen LogP contribution in [0.15, 0.2) is 24.3 Å². The summed E-state index contributed by atoms with van der Waals surface area (Å²) in [5, 5.41) is 13.2. The third-order valence-electron chi connectivity index (χ3n) is 3.48. The molecule has 0 aliphatic carbocycles. The van der Waals surface area contributed by atoms with E-state index in [-0.39, 0.29) is 11.9 Å². The van der Waals surface area contributed by atoms with Gasteiger partial charge in [0.1, 0.15) is 5.82 Å². The first-order valence-electron chi connectivity index (χ1n) is 7.50. The van der Waals surface area contributed by atoms with Gasteiger partial charge in [-0.1, -0.05) is 18.2 Å². The molecule has 0 spiro atoms. The molecule has 1 aromatic carbocycles. The second kappa shape index (κ2) is 7.75. The van der Waals surface area contributed by atoms with E-state index in [4.69, 9.17) is 0 Å². The normalized spacial score (nSPS) is 15.1. The summed E-state index contributed by atoms with van der Waals surface area (Å²) < 4.78 is 13.6. The molecule has 3 heteroatoms. The molecule has 20 heavy (non-hydrogen) atoms. The Labute approximate surface area is 122 Å². The van der Waals surface area contributed by atoms with Crippen molar-refractivity contribution in [1.29, 1.82) is 0 Å². The van der Waals surface area contributed by atoms with Crippen LogP contribution in [0.5, 0.6) is 0 Å². The molecular weight excluding hydrogens is 253 g/mol. The minimum Gasteiger partial charge on any atom is -0.390 e. The van der Waals surface area contributed by atoms with E-state index in [1.54, 1.807) is 6.07 Å². The maximum absolute atomic E-state index is 13.6. The summed E-state index contributed by atoms with van der Waals surface area (Å²) in [6.07, 6.45) is 3.51. The van der Waals surface area contributed by atoms with Crippen molar-refractivity contribution >= 4 is 0 Å². The van der Waals surface area contributed by atoms with E-state index in [0.29, 0.717) is 12.5 Å². The summed E-state index contributed by atoms with van der Waals surface area (Å²) in [4.78, 5) is 0. The van der Waals surface area contributed by atoms with E-state index < -0.39 is 5.60 Å². The standard InChI is InChI=1S/C17H28FNO/c1-13(8-7-11-17(3,4)20)19-14(2)12-15-9-5-6-10-16(15)18/h5-6,9-10,13-14,19-20H,7-8,11-12H2,1-4H3/t13-,14-/m1/s1. The van der Waals surface area contributed by atoms with Crippen LogP contribution < -0.4 is 5.32 Å². The monoisotopic (exact) mass is 281 g/mol. The quantitative estimate of drug-likeness (QED) is 0.762. The maximum atomic E-state index is 13.6. The van der Waals surface area contributed by atoms with Crippen LogP contribution in [0.25, 0.3) is 0 Å². The number of benzene rings is 1. The number of hydrogen-bond acceptors (Lipinski definition) is 2. The van der Waals surface area contributed by atoms with E-state index >= 15 is 0 Å². The lowest BCUT2D eigenvalue weighted by Crippen LogP contribution is -2.36. The predicted octanol–water partition coefficient (Wildman–Crippen LogP) is 3.68. The highest BCUT2D eigenvalue weighted by molar-refractivity contribution is 5.18. The zero-order chi connectivity index (χ0) is 15.2. The molecule has 0 bridgehead atoms. The zero-order valence-electron chi connectivity index (χ0n) is 13.1. The molecule has 0 saturated heterocycles. The van der Waals surface area contributed by atoms with Crippen molar-refractivity contribution in [1.82, 2.24) is 5.32 Å². The molecule has 0 unspecified atom stereocenters. The van der Waals surface area contributed by atoms with Crippen molar-refractivity contribution in [3.05, 3.63) is 35.6 Å². The fourth-order valence-corrected chi connectivity index (χ4v) is 2.46. The van der Waals surface area contributed by atoms with E-state index in [1.807, 2.05) is 26.0 Å². The van der Waals surface area contributed by atoms with Gasteiger partial charge < -0.3 is 10.4 Å². The molecule has 0 aliphatic heterocycles. The van der Waals surface area contributed by atoms with Crippen LogP contribution in [0.3, 0.4) is 0 Å². The van der Waals surface area contributed by atoms with Crippen LogP contribution in [-0.4, -0.2) is 22.8 Å². The van der Waals surface area contributed by atoms with Crippen molar-refractivity contribution < 1.29 is 9.50 Å². The van der Waals surface area contributed by atoms with Gasteiger partial charge in [0.05, 0.1) is 5.60 Å². The first-order valence-corrected chi connectivity index (χ1v) is 7.50. The first kappa shape index (κ1) is 17.1. The van der Waals surface area contributed by atoms with Crippen LogP contribution in [0.1, 0.15) is 52.5 Å². The van der Waals surface area contributed by atoms with E-state index in [2.05, 4.69) is 19.2 Å². The number of aliphatic hydroxyl groups is 1. The molecule has 1 aromatic rings.